The fraction of sp³-hybridized carbons (Fsp3) is 0.375. The lowest BCUT2D eigenvalue weighted by atomic mass is 9.95. The molecule has 4 rings (SSSR count). The number of anilines is 1. The predicted octanol–water partition coefficient (Wildman–Crippen LogP) is 4.47. The molecular weight excluding hydrogens is 440 g/mol. The summed E-state index contributed by atoms with van der Waals surface area (Å²) >= 11 is 1.56. The van der Waals surface area contributed by atoms with Gasteiger partial charge in [-0.3, -0.25) is 14.7 Å². The van der Waals surface area contributed by atoms with Gasteiger partial charge in [0.1, 0.15) is 5.00 Å². The average molecular weight is 469 g/mol. The van der Waals surface area contributed by atoms with Gasteiger partial charge in [-0.1, -0.05) is 6.07 Å². The van der Waals surface area contributed by atoms with Crippen molar-refractivity contribution in [3.8, 4) is 0 Å². The van der Waals surface area contributed by atoms with Gasteiger partial charge >= 0.3 is 6.09 Å². The number of aromatic nitrogens is 1. The first kappa shape index (κ1) is 23.0. The van der Waals surface area contributed by atoms with Gasteiger partial charge in [0, 0.05) is 49.0 Å². The molecule has 0 spiro atoms. The van der Waals surface area contributed by atoms with Crippen LogP contribution in [0.25, 0.3) is 0 Å². The molecule has 8 nitrogen and oxygen atoms in total. The molecule has 1 fully saturated rings. The van der Waals surface area contributed by atoms with Crippen LogP contribution < -0.4 is 5.32 Å². The summed E-state index contributed by atoms with van der Waals surface area (Å²) in [7, 11) is 0. The molecular formula is C24H28N4O4S. The summed E-state index contributed by atoms with van der Waals surface area (Å²) in [5.74, 6) is -0.00907. The molecule has 3 aromatic rings. The van der Waals surface area contributed by atoms with Crippen LogP contribution in [0.2, 0.25) is 0 Å². The van der Waals surface area contributed by atoms with E-state index in [1.807, 2.05) is 19.2 Å². The van der Waals surface area contributed by atoms with E-state index >= 15 is 0 Å². The number of piperazine rings is 1. The van der Waals surface area contributed by atoms with E-state index in [4.69, 9.17) is 9.15 Å². The van der Waals surface area contributed by atoms with Crippen molar-refractivity contribution in [3.63, 3.8) is 0 Å². The summed E-state index contributed by atoms with van der Waals surface area (Å²) in [4.78, 5) is 34.5. The summed E-state index contributed by atoms with van der Waals surface area (Å²) in [6, 6.07) is 7.21. The standard InChI is InChI=1S/C24H28N4O4S/c1-4-31-24(30)28-12-10-27(11-13-28)21(18-7-5-9-25-15-18)20-16(2)17(3)33-23(20)26-22(29)19-8-6-14-32-19/h5-9,14-15,21H,4,10-13H2,1-3H3,(H,26,29). The van der Waals surface area contributed by atoms with Crippen LogP contribution in [0.5, 0.6) is 0 Å². The summed E-state index contributed by atoms with van der Waals surface area (Å²) < 4.78 is 10.5. The molecule has 0 aromatic carbocycles. The maximum Gasteiger partial charge on any atom is 0.409 e. The Bertz CT molecular complexity index is 1090. The molecule has 1 unspecified atom stereocenters. The van der Waals surface area contributed by atoms with Gasteiger partial charge in [-0.25, -0.2) is 4.79 Å². The van der Waals surface area contributed by atoms with Gasteiger partial charge in [0.05, 0.1) is 18.9 Å². The molecule has 0 radical (unpaired) electrons. The molecule has 0 bridgehead atoms. The average Bonchev–Trinajstić information content (AvgIpc) is 3.46. The number of carbonyl (C=O) groups is 2. The Morgan fingerprint density at radius 3 is 2.64 bits per heavy atom. The van der Waals surface area contributed by atoms with E-state index in [1.54, 1.807) is 34.6 Å². The number of thiophene rings is 1. The van der Waals surface area contributed by atoms with Gasteiger partial charge in [-0.15, -0.1) is 11.3 Å². The van der Waals surface area contributed by atoms with Crippen LogP contribution in [0, 0.1) is 13.8 Å². The van der Waals surface area contributed by atoms with Crippen molar-refractivity contribution >= 4 is 28.3 Å². The maximum absolute atomic E-state index is 12.8. The highest BCUT2D eigenvalue weighted by Crippen LogP contribution is 2.42. The van der Waals surface area contributed by atoms with E-state index in [1.165, 1.54) is 6.26 Å². The van der Waals surface area contributed by atoms with E-state index in [9.17, 15) is 9.59 Å². The van der Waals surface area contributed by atoms with Gasteiger partial charge in [0.15, 0.2) is 5.76 Å². The van der Waals surface area contributed by atoms with Crippen LogP contribution in [-0.4, -0.2) is 59.6 Å². The third-order valence-electron chi connectivity index (χ3n) is 5.88. The summed E-state index contributed by atoms with van der Waals surface area (Å²) in [5.41, 5.74) is 3.22. The van der Waals surface area contributed by atoms with Gasteiger partial charge in [0.2, 0.25) is 0 Å². The lowest BCUT2D eigenvalue weighted by Gasteiger charge is -2.39. The number of ether oxygens (including phenoxy) is 1. The number of hydrogen-bond donors (Lipinski definition) is 1. The Balaban J connectivity index is 1.66. The van der Waals surface area contributed by atoms with Gasteiger partial charge in [0.25, 0.3) is 5.91 Å². The molecule has 174 valence electrons. The number of nitrogens with zero attached hydrogens (tertiary/aromatic N) is 3. The lowest BCUT2D eigenvalue weighted by Crippen LogP contribution is -2.50. The van der Waals surface area contributed by atoms with Crippen molar-refractivity contribution < 1.29 is 18.7 Å². The lowest BCUT2D eigenvalue weighted by molar-refractivity contribution is 0.0714. The van der Waals surface area contributed by atoms with Crippen LogP contribution >= 0.6 is 11.3 Å². The summed E-state index contributed by atoms with van der Waals surface area (Å²) in [6.07, 6.45) is 4.84. The van der Waals surface area contributed by atoms with Crippen molar-refractivity contribution in [1.82, 2.24) is 14.8 Å². The SMILES string of the molecule is CCOC(=O)N1CCN(C(c2cccnc2)c2c(NC(=O)c3ccco3)sc(C)c2C)CC1. The second-order valence-corrected chi connectivity index (χ2v) is 9.09. The number of rotatable bonds is 6. The molecule has 3 aromatic heterocycles. The number of aryl methyl sites for hydroxylation is 1. The Hall–Kier alpha value is -3.17. The van der Waals surface area contributed by atoms with Crippen molar-refractivity contribution in [3.05, 3.63) is 70.3 Å². The van der Waals surface area contributed by atoms with E-state index in [0.717, 1.165) is 26.6 Å². The smallest absolute Gasteiger partial charge is 0.409 e. The molecule has 0 aliphatic carbocycles. The van der Waals surface area contributed by atoms with Crippen LogP contribution in [-0.2, 0) is 4.74 Å². The second kappa shape index (κ2) is 10.2. The Morgan fingerprint density at radius 2 is 2.00 bits per heavy atom. The minimum atomic E-state index is -0.278. The number of pyridine rings is 1. The Kier molecular flexibility index (Phi) is 7.10. The molecule has 2 amide bonds. The Morgan fingerprint density at radius 1 is 1.21 bits per heavy atom. The maximum atomic E-state index is 12.8. The number of hydrogen-bond acceptors (Lipinski definition) is 7. The van der Waals surface area contributed by atoms with Crippen molar-refractivity contribution in [2.24, 2.45) is 0 Å². The molecule has 1 aliphatic heterocycles. The van der Waals surface area contributed by atoms with E-state index in [2.05, 4.69) is 35.1 Å². The second-order valence-electron chi connectivity index (χ2n) is 7.87. The van der Waals surface area contributed by atoms with Crippen molar-refractivity contribution in [2.45, 2.75) is 26.8 Å². The molecule has 4 heterocycles. The summed E-state index contributed by atoms with van der Waals surface area (Å²) in [5, 5.41) is 3.86. The third-order valence-corrected chi connectivity index (χ3v) is 7.02. The highest BCUT2D eigenvalue weighted by Gasteiger charge is 2.33. The number of carbonyl (C=O) groups excluding carboxylic acids is 2. The van der Waals surface area contributed by atoms with Crippen molar-refractivity contribution in [2.75, 3.05) is 38.1 Å². The van der Waals surface area contributed by atoms with Crippen LogP contribution in [0.1, 0.15) is 45.1 Å². The van der Waals surface area contributed by atoms with Crippen LogP contribution in [0.4, 0.5) is 9.80 Å². The van der Waals surface area contributed by atoms with Gasteiger partial charge in [-0.2, -0.15) is 0 Å². The van der Waals surface area contributed by atoms with Crippen LogP contribution in [0.3, 0.4) is 0 Å². The highest BCUT2D eigenvalue weighted by atomic mass is 32.1. The number of nitrogens with one attached hydrogen (secondary N) is 1. The van der Waals surface area contributed by atoms with Gasteiger partial charge < -0.3 is 19.4 Å². The zero-order valence-electron chi connectivity index (χ0n) is 19.0. The number of amides is 2. The highest BCUT2D eigenvalue weighted by molar-refractivity contribution is 7.16. The molecule has 1 atom stereocenters. The minimum absolute atomic E-state index is 0.111. The van der Waals surface area contributed by atoms with E-state index in [0.29, 0.717) is 32.8 Å². The normalized spacial score (nSPS) is 15.3. The zero-order valence-corrected chi connectivity index (χ0v) is 19.9. The fourth-order valence-electron chi connectivity index (χ4n) is 4.11. The molecule has 1 saturated heterocycles. The van der Waals surface area contributed by atoms with E-state index in [-0.39, 0.29) is 23.8 Å². The molecule has 0 saturated carbocycles. The zero-order chi connectivity index (χ0) is 23.4. The first-order valence-electron chi connectivity index (χ1n) is 11.0. The monoisotopic (exact) mass is 468 g/mol. The predicted molar refractivity (Wildman–Crippen MR) is 127 cm³/mol. The Labute approximate surface area is 197 Å². The fourth-order valence-corrected chi connectivity index (χ4v) is 5.20. The quantitative estimate of drug-likeness (QED) is 0.574. The molecule has 9 heteroatoms. The first-order chi connectivity index (χ1) is 16.0. The van der Waals surface area contributed by atoms with Crippen molar-refractivity contribution in [1.29, 1.82) is 0 Å². The third kappa shape index (κ3) is 4.94. The molecule has 1 aliphatic rings. The largest absolute Gasteiger partial charge is 0.459 e. The topological polar surface area (TPSA) is 87.9 Å². The summed E-state index contributed by atoms with van der Waals surface area (Å²) in [6.45, 7) is 8.83. The minimum Gasteiger partial charge on any atom is -0.459 e. The number of furan rings is 1. The first-order valence-corrected chi connectivity index (χ1v) is 11.8. The molecule has 1 N–H and O–H groups in total. The molecule has 33 heavy (non-hydrogen) atoms. The van der Waals surface area contributed by atoms with E-state index < -0.39 is 0 Å². The van der Waals surface area contributed by atoms with Crippen LogP contribution in [0.15, 0.2) is 47.3 Å². The van der Waals surface area contributed by atoms with Gasteiger partial charge in [-0.05, 0) is 50.1 Å².